The number of nitro groups is 1. The van der Waals surface area contributed by atoms with Crippen molar-refractivity contribution < 1.29 is 34.2 Å². The van der Waals surface area contributed by atoms with Gasteiger partial charge in [0.15, 0.2) is 5.85 Å². The summed E-state index contributed by atoms with van der Waals surface area (Å²) in [5.74, 6) is 1.27. The average Bonchev–Trinajstić information content (AvgIpc) is 2.46. The van der Waals surface area contributed by atoms with Gasteiger partial charge >= 0.3 is 5.97 Å². The predicted octanol–water partition coefficient (Wildman–Crippen LogP) is 0.759. The van der Waals surface area contributed by atoms with Crippen LogP contribution in [0.3, 0.4) is 0 Å². The van der Waals surface area contributed by atoms with Crippen molar-refractivity contribution in [1.82, 2.24) is 0 Å². The Balaban J connectivity index is 2.91. The number of nitro benzene ring substituents is 1. The van der Waals surface area contributed by atoms with Crippen LogP contribution in [0.1, 0.15) is 24.3 Å². The zero-order valence-electron chi connectivity index (χ0n) is 11.3. The van der Waals surface area contributed by atoms with Crippen molar-refractivity contribution in [3.05, 3.63) is 33.9 Å². The van der Waals surface area contributed by atoms with Gasteiger partial charge in [-0.2, -0.15) is 5.90 Å². The number of nitrogens with two attached hydrogens (primary N) is 1. The van der Waals surface area contributed by atoms with Gasteiger partial charge in [-0.3, -0.25) is 19.5 Å². The lowest BCUT2D eigenvalue weighted by molar-refractivity contribution is -0.385. The molecule has 1 aromatic rings. The van der Waals surface area contributed by atoms with E-state index in [9.17, 15) is 34.6 Å². The Labute approximate surface area is 124 Å². The Bertz CT molecular complexity index is 620. The minimum atomic E-state index is -4.22. The maximum absolute atomic E-state index is 12.1. The van der Waals surface area contributed by atoms with E-state index in [4.69, 9.17) is 0 Å². The first-order valence-corrected chi connectivity index (χ1v) is 7.97. The molecule has 22 heavy (non-hydrogen) atoms. The molecule has 0 saturated heterocycles. The molecular weight excluding hydrogens is 319 g/mol. The second kappa shape index (κ2) is 7.32. The number of non-ortho nitro benzene ring substituents is 1. The summed E-state index contributed by atoms with van der Waals surface area (Å²) in [5, 5.41) is 30.2. The van der Waals surface area contributed by atoms with Crippen LogP contribution in [-0.2, 0) is 14.2 Å². The van der Waals surface area contributed by atoms with Crippen LogP contribution in [0.25, 0.3) is 0 Å². The van der Waals surface area contributed by atoms with E-state index < -0.39 is 47.3 Å². The van der Waals surface area contributed by atoms with Crippen LogP contribution in [-0.4, -0.2) is 32.2 Å². The Kier molecular flexibility index (Phi) is 6.01. The fourth-order valence-corrected chi connectivity index (χ4v) is 3.21. The smallest absolute Gasteiger partial charge is 0.324 e. The summed E-state index contributed by atoms with van der Waals surface area (Å²) < 4.78 is 12.1. The van der Waals surface area contributed by atoms with E-state index in [0.717, 1.165) is 18.2 Å². The van der Waals surface area contributed by atoms with Gasteiger partial charge in [0.2, 0.25) is 7.37 Å². The van der Waals surface area contributed by atoms with Crippen LogP contribution in [0.15, 0.2) is 18.2 Å². The van der Waals surface area contributed by atoms with Crippen molar-refractivity contribution in [2.45, 2.75) is 18.7 Å². The normalized spacial score (nSPS) is 14.9. The van der Waals surface area contributed by atoms with Gasteiger partial charge in [-0.15, -0.1) is 0 Å². The van der Waals surface area contributed by atoms with Crippen LogP contribution in [0.4, 0.5) is 5.69 Å². The van der Waals surface area contributed by atoms with Crippen molar-refractivity contribution in [3.63, 3.8) is 0 Å². The molecule has 0 amide bonds. The number of carbonyl (C=O) groups is 1. The first kappa shape index (κ1) is 18.1. The number of aliphatic hydroxyl groups excluding tert-OH is 1. The molecule has 122 valence electrons. The van der Waals surface area contributed by atoms with E-state index in [1.165, 1.54) is 0 Å². The van der Waals surface area contributed by atoms with E-state index in [1.807, 2.05) is 0 Å². The third kappa shape index (κ3) is 4.50. The van der Waals surface area contributed by atoms with Crippen molar-refractivity contribution in [3.8, 4) is 5.75 Å². The Morgan fingerprint density at radius 3 is 2.68 bits per heavy atom. The summed E-state index contributed by atoms with van der Waals surface area (Å²) in [6, 6.07) is 2.75. The van der Waals surface area contributed by atoms with E-state index in [-0.39, 0.29) is 12.8 Å². The predicted molar refractivity (Wildman–Crippen MR) is 73.9 cm³/mol. The third-order valence-corrected chi connectivity index (χ3v) is 4.87. The molecule has 0 spiro atoms. The van der Waals surface area contributed by atoms with Gasteiger partial charge in [0.05, 0.1) is 4.92 Å². The van der Waals surface area contributed by atoms with E-state index in [2.05, 4.69) is 10.7 Å². The number of hydrogen-bond acceptors (Lipinski definition) is 8. The summed E-state index contributed by atoms with van der Waals surface area (Å²) in [5.41, 5.74) is -0.875. The number of carbonyl (C=O) groups excluding carboxylic acids is 1. The van der Waals surface area contributed by atoms with E-state index in [0.29, 0.717) is 0 Å². The van der Waals surface area contributed by atoms with Gasteiger partial charge in [-0.1, -0.05) is 0 Å². The fourth-order valence-electron chi connectivity index (χ4n) is 1.71. The van der Waals surface area contributed by atoms with Crippen LogP contribution in [0.2, 0.25) is 0 Å². The lowest BCUT2D eigenvalue weighted by Crippen LogP contribution is -2.11. The highest BCUT2D eigenvalue weighted by molar-refractivity contribution is 7.58. The number of aliphatic hydroxyl groups is 1. The maximum Gasteiger partial charge on any atom is 0.324 e. The first-order chi connectivity index (χ1) is 10.2. The molecule has 2 atom stereocenters. The molecule has 11 heteroatoms. The molecule has 0 aliphatic heterocycles. The zero-order chi connectivity index (χ0) is 16.9. The summed E-state index contributed by atoms with van der Waals surface area (Å²) in [6.45, 7) is 0. The Morgan fingerprint density at radius 1 is 1.50 bits per heavy atom. The molecule has 5 N–H and O–H groups in total. The van der Waals surface area contributed by atoms with Gasteiger partial charge in [0.1, 0.15) is 5.75 Å². The van der Waals surface area contributed by atoms with Crippen LogP contribution in [0.5, 0.6) is 5.75 Å². The molecule has 0 aromatic heterocycles. The summed E-state index contributed by atoms with van der Waals surface area (Å²) >= 11 is 0. The number of nitrogens with zero attached hydrogens (tertiary/aromatic N) is 1. The number of phenolic OH excluding ortho intramolecular Hbond substituents is 1. The fraction of sp³-hybridized carbons (Fsp3) is 0.364. The van der Waals surface area contributed by atoms with Crippen LogP contribution < -0.4 is 5.90 Å². The number of aromatic hydroxyl groups is 1. The highest BCUT2D eigenvalue weighted by atomic mass is 31.2. The SMILES string of the molecule is NOC(=O)CCCP(=O)(O)[C@H](O)c1cc([N+](=O)[O-])ccc1O. The minimum Gasteiger partial charge on any atom is -0.508 e. The lowest BCUT2D eigenvalue weighted by atomic mass is 10.2. The second-order valence-corrected chi connectivity index (χ2v) is 6.89. The first-order valence-electron chi connectivity index (χ1n) is 6.05. The van der Waals surface area contributed by atoms with Crippen molar-refractivity contribution in [1.29, 1.82) is 0 Å². The van der Waals surface area contributed by atoms with E-state index in [1.54, 1.807) is 0 Å². The lowest BCUT2D eigenvalue weighted by Gasteiger charge is -2.19. The molecule has 1 rings (SSSR count). The van der Waals surface area contributed by atoms with Gasteiger partial charge in [0.25, 0.3) is 5.69 Å². The number of benzene rings is 1. The Morgan fingerprint density at radius 2 is 2.14 bits per heavy atom. The number of phenols is 1. The van der Waals surface area contributed by atoms with Gasteiger partial charge in [-0.05, 0) is 12.5 Å². The number of hydrogen-bond donors (Lipinski definition) is 4. The largest absolute Gasteiger partial charge is 0.508 e. The average molecular weight is 334 g/mol. The topological polar surface area (TPSA) is 173 Å². The molecule has 0 aliphatic carbocycles. The van der Waals surface area contributed by atoms with Crippen LogP contribution in [0, 0.1) is 10.1 Å². The summed E-state index contributed by atoms with van der Waals surface area (Å²) in [6.07, 6.45) is -0.767. The molecule has 0 fully saturated rings. The highest BCUT2D eigenvalue weighted by Gasteiger charge is 2.33. The molecule has 10 nitrogen and oxygen atoms in total. The second-order valence-electron chi connectivity index (χ2n) is 4.45. The summed E-state index contributed by atoms with van der Waals surface area (Å²) in [4.78, 5) is 34.4. The number of rotatable bonds is 7. The highest BCUT2D eigenvalue weighted by Crippen LogP contribution is 2.56. The van der Waals surface area contributed by atoms with Gasteiger partial charge < -0.3 is 19.9 Å². The molecule has 0 aliphatic rings. The molecule has 0 saturated carbocycles. The molecule has 0 bridgehead atoms. The van der Waals surface area contributed by atoms with E-state index >= 15 is 0 Å². The zero-order valence-corrected chi connectivity index (χ0v) is 12.2. The molecule has 0 heterocycles. The maximum atomic E-state index is 12.1. The third-order valence-electron chi connectivity index (χ3n) is 2.87. The quantitative estimate of drug-likeness (QED) is 0.319. The van der Waals surface area contributed by atoms with Crippen LogP contribution >= 0.6 is 7.37 Å². The van der Waals surface area contributed by atoms with Gasteiger partial charge in [0, 0.05) is 30.3 Å². The Hall–Kier alpha value is -2.00. The van der Waals surface area contributed by atoms with Gasteiger partial charge in [-0.25, -0.2) is 0 Å². The van der Waals surface area contributed by atoms with Crippen molar-refractivity contribution >= 4 is 19.0 Å². The molecular formula is C11H15N2O8P. The monoisotopic (exact) mass is 334 g/mol. The summed E-state index contributed by atoms with van der Waals surface area (Å²) in [7, 11) is -4.22. The standard InChI is InChI=1S/C11H15N2O8P/c12-21-10(15)2-1-5-22(19,20)11(16)8-6-7(13(17)18)3-4-9(8)14/h3-4,6,11,14,16H,1-2,5,12H2,(H,19,20)/t11-/m0/s1. The molecule has 0 radical (unpaired) electrons. The molecule has 1 unspecified atom stereocenters. The van der Waals surface area contributed by atoms with Crippen molar-refractivity contribution in [2.75, 3.05) is 6.16 Å². The minimum absolute atomic E-state index is 0.0867. The van der Waals surface area contributed by atoms with Crippen molar-refractivity contribution in [2.24, 2.45) is 5.90 Å². The molecule has 1 aromatic carbocycles.